The summed E-state index contributed by atoms with van der Waals surface area (Å²) in [6.07, 6.45) is 0. The van der Waals surface area contributed by atoms with E-state index in [2.05, 4.69) is 18.4 Å². The van der Waals surface area contributed by atoms with E-state index in [1.807, 2.05) is 66.7 Å². The molecule has 1 aliphatic heterocycles. The van der Waals surface area contributed by atoms with Crippen LogP contribution < -0.4 is 19.7 Å². The number of carbonyl (C=O) groups excluding carboxylic acids is 1. The van der Waals surface area contributed by atoms with Gasteiger partial charge < -0.3 is 19.7 Å². The van der Waals surface area contributed by atoms with E-state index in [4.69, 9.17) is 9.47 Å². The number of ether oxygens (including phenoxy) is 2. The monoisotopic (exact) mass is 375 g/mol. The molecule has 4 rings (SSSR count). The molecule has 0 saturated heterocycles. The topological polar surface area (TPSA) is 52.0 Å². The summed E-state index contributed by atoms with van der Waals surface area (Å²) in [6.45, 7) is 2.05. The highest BCUT2D eigenvalue weighted by atomic mass is 16.7. The third-order valence-corrected chi connectivity index (χ3v) is 4.70. The van der Waals surface area contributed by atoms with Crippen molar-refractivity contribution in [1.29, 1.82) is 0 Å². The number of benzene rings is 3. The van der Waals surface area contributed by atoms with E-state index >= 15 is 0 Å². The number of anilines is 1. The number of fused-ring (bicyclic) bond motifs is 1. The molecule has 0 radical (unpaired) electrons. The fourth-order valence-electron chi connectivity index (χ4n) is 3.31. The first kappa shape index (κ1) is 18.1. The van der Waals surface area contributed by atoms with Crippen molar-refractivity contribution in [3.8, 4) is 11.5 Å². The molecule has 1 atom stereocenters. The van der Waals surface area contributed by atoms with Crippen molar-refractivity contribution in [3.05, 3.63) is 89.5 Å². The Morgan fingerprint density at radius 2 is 1.57 bits per heavy atom. The summed E-state index contributed by atoms with van der Waals surface area (Å²) in [5.74, 6) is 1.53. The van der Waals surface area contributed by atoms with Gasteiger partial charge in [-0.25, -0.2) is 0 Å². The lowest BCUT2D eigenvalue weighted by molar-refractivity contribution is -0.907. The molecule has 1 amide bonds. The van der Waals surface area contributed by atoms with Crippen LogP contribution in [0.2, 0.25) is 0 Å². The average molecular weight is 375 g/mol. The van der Waals surface area contributed by atoms with Gasteiger partial charge in [-0.1, -0.05) is 30.3 Å². The van der Waals surface area contributed by atoms with Gasteiger partial charge in [-0.3, -0.25) is 4.79 Å². The van der Waals surface area contributed by atoms with Crippen molar-refractivity contribution >= 4 is 11.6 Å². The molecule has 5 nitrogen and oxygen atoms in total. The molecule has 3 aromatic carbocycles. The van der Waals surface area contributed by atoms with Crippen LogP contribution in [0.4, 0.5) is 5.69 Å². The van der Waals surface area contributed by atoms with Crippen LogP contribution in [0.3, 0.4) is 0 Å². The summed E-state index contributed by atoms with van der Waals surface area (Å²) < 4.78 is 10.8. The Kier molecular flexibility index (Phi) is 5.26. The molecule has 1 heterocycles. The molecule has 0 aromatic heterocycles. The van der Waals surface area contributed by atoms with Crippen LogP contribution in [-0.4, -0.2) is 19.7 Å². The van der Waals surface area contributed by atoms with Gasteiger partial charge in [0.05, 0.1) is 7.05 Å². The quantitative estimate of drug-likeness (QED) is 0.697. The van der Waals surface area contributed by atoms with E-state index in [-0.39, 0.29) is 5.91 Å². The summed E-state index contributed by atoms with van der Waals surface area (Å²) in [5, 5.41) is 2.91. The van der Waals surface area contributed by atoms with Crippen LogP contribution in [-0.2, 0) is 13.1 Å². The second-order valence-electron chi connectivity index (χ2n) is 7.02. The third kappa shape index (κ3) is 4.32. The molecular weight excluding hydrogens is 352 g/mol. The molecule has 28 heavy (non-hydrogen) atoms. The maximum absolute atomic E-state index is 12.3. The second kappa shape index (κ2) is 8.15. The van der Waals surface area contributed by atoms with Gasteiger partial charge in [0.2, 0.25) is 6.79 Å². The van der Waals surface area contributed by atoms with Gasteiger partial charge in [0, 0.05) is 22.4 Å². The van der Waals surface area contributed by atoms with Crippen molar-refractivity contribution < 1.29 is 19.2 Å². The smallest absolute Gasteiger partial charge is 0.255 e. The van der Waals surface area contributed by atoms with Gasteiger partial charge in [-0.05, 0) is 42.5 Å². The zero-order valence-electron chi connectivity index (χ0n) is 15.8. The lowest BCUT2D eigenvalue weighted by Gasteiger charge is -2.15. The van der Waals surface area contributed by atoms with E-state index in [9.17, 15) is 4.79 Å². The molecule has 5 heteroatoms. The average Bonchev–Trinajstić information content (AvgIpc) is 3.17. The fraction of sp³-hybridized carbons (Fsp3) is 0.174. The minimum atomic E-state index is -0.0983. The summed E-state index contributed by atoms with van der Waals surface area (Å²) >= 11 is 0. The molecular formula is C23H23N2O3+. The normalized spacial score (nSPS) is 13.2. The van der Waals surface area contributed by atoms with Crippen molar-refractivity contribution in [2.24, 2.45) is 0 Å². The summed E-state index contributed by atoms with van der Waals surface area (Å²) in [7, 11) is 2.15. The highest BCUT2D eigenvalue weighted by molar-refractivity contribution is 6.04. The molecule has 2 N–H and O–H groups in total. The van der Waals surface area contributed by atoms with Crippen LogP contribution in [0, 0.1) is 0 Å². The molecule has 1 aliphatic rings. The maximum Gasteiger partial charge on any atom is 0.255 e. The number of amides is 1. The van der Waals surface area contributed by atoms with E-state index in [1.165, 1.54) is 16.0 Å². The molecule has 3 aromatic rings. The predicted molar refractivity (Wildman–Crippen MR) is 108 cm³/mol. The lowest BCUT2D eigenvalue weighted by Crippen LogP contribution is -3.06. The lowest BCUT2D eigenvalue weighted by atomic mass is 10.1. The Labute approximate surface area is 164 Å². The van der Waals surface area contributed by atoms with Gasteiger partial charge in [-0.15, -0.1) is 0 Å². The Morgan fingerprint density at radius 1 is 0.893 bits per heavy atom. The van der Waals surface area contributed by atoms with Gasteiger partial charge in [0.15, 0.2) is 11.5 Å². The van der Waals surface area contributed by atoms with Gasteiger partial charge >= 0.3 is 0 Å². The predicted octanol–water partition coefficient (Wildman–Crippen LogP) is 2.88. The third-order valence-electron chi connectivity index (χ3n) is 4.70. The van der Waals surface area contributed by atoms with Crippen molar-refractivity contribution in [2.45, 2.75) is 13.1 Å². The molecule has 0 spiro atoms. The minimum Gasteiger partial charge on any atom is -0.454 e. The van der Waals surface area contributed by atoms with E-state index < -0.39 is 0 Å². The van der Waals surface area contributed by atoms with Crippen LogP contribution >= 0.6 is 0 Å². The number of para-hydroxylation sites is 1. The largest absolute Gasteiger partial charge is 0.454 e. The highest BCUT2D eigenvalue weighted by Crippen LogP contribution is 2.32. The molecule has 0 saturated carbocycles. The van der Waals surface area contributed by atoms with Gasteiger partial charge in [-0.2, -0.15) is 0 Å². The zero-order valence-corrected chi connectivity index (χ0v) is 15.8. The van der Waals surface area contributed by atoms with Crippen molar-refractivity contribution in [1.82, 2.24) is 0 Å². The number of carbonyl (C=O) groups is 1. The SMILES string of the molecule is C[NH+](Cc1ccc(C(=O)Nc2ccccc2)cc1)Cc1ccc2c(c1)OCO2. The summed E-state index contributed by atoms with van der Waals surface area (Å²) in [4.78, 5) is 13.7. The molecule has 1 unspecified atom stereocenters. The molecule has 142 valence electrons. The van der Waals surface area contributed by atoms with E-state index in [0.29, 0.717) is 12.4 Å². The van der Waals surface area contributed by atoms with E-state index in [1.54, 1.807) is 0 Å². The number of hydrogen-bond donors (Lipinski definition) is 2. The molecule has 0 aliphatic carbocycles. The van der Waals surface area contributed by atoms with Gasteiger partial charge in [0.25, 0.3) is 5.91 Å². The molecule has 0 fully saturated rings. The minimum absolute atomic E-state index is 0.0983. The van der Waals surface area contributed by atoms with Crippen molar-refractivity contribution in [3.63, 3.8) is 0 Å². The van der Waals surface area contributed by atoms with Gasteiger partial charge in [0.1, 0.15) is 13.1 Å². The van der Waals surface area contributed by atoms with E-state index in [0.717, 1.165) is 30.3 Å². The van der Waals surface area contributed by atoms with Crippen LogP contribution in [0.5, 0.6) is 11.5 Å². The zero-order chi connectivity index (χ0) is 19.3. The standard InChI is InChI=1S/C23H22N2O3/c1-25(15-18-9-12-21-22(13-18)28-16-27-21)14-17-7-10-19(11-8-17)23(26)24-20-5-3-2-4-6-20/h2-13H,14-16H2,1H3,(H,24,26)/p+1. The second-order valence-corrected chi connectivity index (χ2v) is 7.02. The summed E-state index contributed by atoms with van der Waals surface area (Å²) in [5.41, 5.74) is 3.85. The Hall–Kier alpha value is -3.31. The number of rotatable bonds is 6. The first-order valence-electron chi connectivity index (χ1n) is 9.32. The van der Waals surface area contributed by atoms with Crippen LogP contribution in [0.25, 0.3) is 0 Å². The van der Waals surface area contributed by atoms with Crippen LogP contribution in [0.15, 0.2) is 72.8 Å². The Morgan fingerprint density at radius 3 is 2.36 bits per heavy atom. The number of quaternary nitrogens is 1. The number of hydrogen-bond acceptors (Lipinski definition) is 3. The maximum atomic E-state index is 12.3. The first-order chi connectivity index (χ1) is 13.7. The highest BCUT2D eigenvalue weighted by Gasteiger charge is 2.15. The fourth-order valence-corrected chi connectivity index (χ4v) is 3.31. The van der Waals surface area contributed by atoms with Crippen molar-refractivity contribution in [2.75, 3.05) is 19.2 Å². The molecule has 0 bridgehead atoms. The number of nitrogens with one attached hydrogen (secondary N) is 2. The Bertz CT molecular complexity index is 955. The van der Waals surface area contributed by atoms with Crippen LogP contribution in [0.1, 0.15) is 21.5 Å². The first-order valence-corrected chi connectivity index (χ1v) is 9.32. The Balaban J connectivity index is 1.34. The summed E-state index contributed by atoms with van der Waals surface area (Å²) in [6, 6.07) is 23.3.